The Morgan fingerprint density at radius 1 is 1.15 bits per heavy atom. The molecule has 0 bridgehead atoms. The Kier molecular flexibility index (Phi) is 8.73. The first kappa shape index (κ1) is 24.4. The van der Waals surface area contributed by atoms with Gasteiger partial charge in [0, 0.05) is 37.8 Å². The summed E-state index contributed by atoms with van der Waals surface area (Å²) in [6.45, 7) is 7.35. The number of methoxy groups -OCH3 is 1. The number of rotatable bonds is 11. The van der Waals surface area contributed by atoms with Crippen LogP contribution in [-0.4, -0.2) is 68.9 Å². The molecule has 4 rings (SSSR count). The average Bonchev–Trinajstić information content (AvgIpc) is 3.30. The highest BCUT2D eigenvalue weighted by molar-refractivity contribution is 7.22. The lowest BCUT2D eigenvalue weighted by Gasteiger charge is -2.29. The van der Waals surface area contributed by atoms with E-state index in [4.69, 9.17) is 19.2 Å². The minimum Gasteiger partial charge on any atom is -0.497 e. The number of carbonyl (C=O) groups excluding carboxylic acids is 1. The number of nitrogens with zero attached hydrogens (tertiary/aromatic N) is 3. The summed E-state index contributed by atoms with van der Waals surface area (Å²) >= 11 is 1.52. The molecule has 1 aliphatic heterocycles. The minimum absolute atomic E-state index is 0.0710. The molecule has 3 aromatic rings. The van der Waals surface area contributed by atoms with E-state index in [0.29, 0.717) is 23.8 Å². The lowest BCUT2D eigenvalue weighted by molar-refractivity contribution is 0.0391. The lowest BCUT2D eigenvalue weighted by atomic mass is 10.2. The summed E-state index contributed by atoms with van der Waals surface area (Å²) in [5.41, 5.74) is 1.43. The van der Waals surface area contributed by atoms with E-state index in [1.54, 1.807) is 12.0 Å². The molecule has 0 unspecified atom stereocenters. The van der Waals surface area contributed by atoms with Gasteiger partial charge in [0.2, 0.25) is 0 Å². The maximum absolute atomic E-state index is 13.7. The van der Waals surface area contributed by atoms with E-state index in [9.17, 15) is 4.79 Å². The molecule has 0 aliphatic carbocycles. The van der Waals surface area contributed by atoms with E-state index < -0.39 is 0 Å². The highest BCUT2D eigenvalue weighted by atomic mass is 32.1. The molecule has 2 aromatic carbocycles. The topological polar surface area (TPSA) is 64.1 Å². The van der Waals surface area contributed by atoms with E-state index in [1.165, 1.54) is 11.3 Å². The Balaban J connectivity index is 1.56. The first-order valence-electron chi connectivity index (χ1n) is 12.0. The number of anilines is 1. The van der Waals surface area contributed by atoms with Crippen LogP contribution in [-0.2, 0) is 4.74 Å². The van der Waals surface area contributed by atoms with Crippen LogP contribution in [0.25, 0.3) is 10.2 Å². The molecular formula is C26H33N3O4S. The number of benzene rings is 2. The molecule has 0 saturated carbocycles. The molecule has 2 heterocycles. The van der Waals surface area contributed by atoms with Crippen LogP contribution in [0.5, 0.6) is 11.5 Å². The molecule has 7 nitrogen and oxygen atoms in total. The summed E-state index contributed by atoms with van der Waals surface area (Å²) in [4.78, 5) is 22.6. The zero-order valence-corrected chi connectivity index (χ0v) is 20.8. The van der Waals surface area contributed by atoms with E-state index in [1.807, 2.05) is 42.5 Å². The molecule has 182 valence electrons. The van der Waals surface area contributed by atoms with Gasteiger partial charge in [0.1, 0.15) is 11.5 Å². The smallest absolute Gasteiger partial charge is 0.260 e. The van der Waals surface area contributed by atoms with E-state index in [-0.39, 0.29) is 5.91 Å². The zero-order chi connectivity index (χ0) is 23.8. The van der Waals surface area contributed by atoms with Gasteiger partial charge < -0.3 is 14.2 Å². The number of amides is 1. The molecule has 34 heavy (non-hydrogen) atoms. The fourth-order valence-electron chi connectivity index (χ4n) is 3.90. The molecule has 0 spiro atoms. The van der Waals surface area contributed by atoms with Crippen molar-refractivity contribution < 1.29 is 19.0 Å². The molecule has 1 aromatic heterocycles. The first-order valence-corrected chi connectivity index (χ1v) is 12.8. The minimum atomic E-state index is -0.0710. The van der Waals surface area contributed by atoms with Crippen LogP contribution in [0.4, 0.5) is 5.13 Å². The molecule has 1 aliphatic rings. The number of unbranched alkanes of at least 4 members (excludes halogenated alkanes) is 2. The van der Waals surface area contributed by atoms with Gasteiger partial charge in [-0.1, -0.05) is 37.2 Å². The third-order valence-corrected chi connectivity index (χ3v) is 6.96. The first-order chi connectivity index (χ1) is 16.7. The van der Waals surface area contributed by atoms with Gasteiger partial charge in [-0.25, -0.2) is 4.98 Å². The van der Waals surface area contributed by atoms with Gasteiger partial charge in [-0.2, -0.15) is 0 Å². The summed E-state index contributed by atoms with van der Waals surface area (Å²) in [5, 5.41) is 0.691. The second-order valence-corrected chi connectivity index (χ2v) is 9.33. The number of morpholine rings is 1. The van der Waals surface area contributed by atoms with Gasteiger partial charge >= 0.3 is 0 Å². The molecular weight excluding hydrogens is 450 g/mol. The standard InChI is InChI=1S/C26H33N3O4S/c1-3-4-5-15-33-22-8-6-7-20(18-22)25(30)29(12-11-28-13-16-32-17-14-28)26-27-23-19-21(31-2)9-10-24(23)34-26/h6-10,18-19H,3-5,11-17H2,1-2H3. The van der Waals surface area contributed by atoms with Gasteiger partial charge in [-0.3, -0.25) is 14.6 Å². The predicted molar refractivity (Wildman–Crippen MR) is 137 cm³/mol. The van der Waals surface area contributed by atoms with Crippen molar-refractivity contribution in [3.8, 4) is 11.5 Å². The lowest BCUT2D eigenvalue weighted by Crippen LogP contribution is -2.43. The van der Waals surface area contributed by atoms with Gasteiger partial charge in [0.15, 0.2) is 5.13 Å². The van der Waals surface area contributed by atoms with Gasteiger partial charge in [-0.15, -0.1) is 0 Å². The Hall–Kier alpha value is -2.68. The number of aromatic nitrogens is 1. The van der Waals surface area contributed by atoms with Crippen molar-refractivity contribution >= 4 is 32.6 Å². The fraction of sp³-hybridized carbons (Fsp3) is 0.462. The van der Waals surface area contributed by atoms with Crippen molar-refractivity contribution in [2.24, 2.45) is 0 Å². The van der Waals surface area contributed by atoms with Gasteiger partial charge in [0.05, 0.1) is 37.1 Å². The number of carbonyl (C=O) groups is 1. The van der Waals surface area contributed by atoms with Crippen LogP contribution in [0.2, 0.25) is 0 Å². The van der Waals surface area contributed by atoms with Crippen molar-refractivity contribution in [1.82, 2.24) is 9.88 Å². The van der Waals surface area contributed by atoms with E-state index in [0.717, 1.165) is 73.8 Å². The van der Waals surface area contributed by atoms with E-state index in [2.05, 4.69) is 11.8 Å². The normalized spacial score (nSPS) is 14.3. The van der Waals surface area contributed by atoms with Crippen LogP contribution < -0.4 is 14.4 Å². The van der Waals surface area contributed by atoms with Crippen LogP contribution in [0, 0.1) is 0 Å². The van der Waals surface area contributed by atoms with Crippen molar-refractivity contribution in [2.45, 2.75) is 26.2 Å². The SMILES string of the molecule is CCCCCOc1cccc(C(=O)N(CCN2CCOCC2)c2nc3cc(OC)ccc3s2)c1. The monoisotopic (exact) mass is 483 g/mol. The van der Waals surface area contributed by atoms with Crippen molar-refractivity contribution in [3.63, 3.8) is 0 Å². The predicted octanol–water partition coefficient (Wildman–Crippen LogP) is 4.85. The second kappa shape index (κ2) is 12.1. The Bertz CT molecular complexity index is 1080. The average molecular weight is 484 g/mol. The molecule has 0 atom stereocenters. The van der Waals surface area contributed by atoms with Gasteiger partial charge in [-0.05, 0) is 36.8 Å². The van der Waals surface area contributed by atoms with Crippen LogP contribution in [0.15, 0.2) is 42.5 Å². The quantitative estimate of drug-likeness (QED) is 0.363. The number of thiazole rings is 1. The molecule has 1 saturated heterocycles. The number of ether oxygens (including phenoxy) is 3. The maximum atomic E-state index is 13.7. The highest BCUT2D eigenvalue weighted by Crippen LogP contribution is 2.32. The summed E-state index contributed by atoms with van der Waals surface area (Å²) in [7, 11) is 1.64. The Morgan fingerprint density at radius 3 is 2.79 bits per heavy atom. The Labute approximate surface area is 205 Å². The van der Waals surface area contributed by atoms with E-state index >= 15 is 0 Å². The maximum Gasteiger partial charge on any atom is 0.260 e. The summed E-state index contributed by atoms with van der Waals surface area (Å²) < 4.78 is 17.7. The third kappa shape index (κ3) is 6.25. The zero-order valence-electron chi connectivity index (χ0n) is 20.0. The summed E-state index contributed by atoms with van der Waals surface area (Å²) in [6.07, 6.45) is 3.29. The molecule has 8 heteroatoms. The van der Waals surface area contributed by atoms with Crippen LogP contribution in [0.3, 0.4) is 0 Å². The largest absolute Gasteiger partial charge is 0.497 e. The van der Waals surface area contributed by atoms with Crippen molar-refractivity contribution in [1.29, 1.82) is 0 Å². The summed E-state index contributed by atoms with van der Waals surface area (Å²) in [6, 6.07) is 13.3. The molecule has 0 N–H and O–H groups in total. The number of hydrogen-bond acceptors (Lipinski definition) is 7. The van der Waals surface area contributed by atoms with Crippen molar-refractivity contribution in [3.05, 3.63) is 48.0 Å². The van der Waals surface area contributed by atoms with Crippen molar-refractivity contribution in [2.75, 3.05) is 58.0 Å². The number of fused-ring (bicyclic) bond motifs is 1. The Morgan fingerprint density at radius 2 is 2.00 bits per heavy atom. The molecule has 1 amide bonds. The third-order valence-electron chi connectivity index (χ3n) is 5.90. The molecule has 0 radical (unpaired) electrons. The molecule has 1 fully saturated rings. The second-order valence-electron chi connectivity index (χ2n) is 8.32. The van der Waals surface area contributed by atoms with Gasteiger partial charge in [0.25, 0.3) is 5.91 Å². The summed E-state index contributed by atoms with van der Waals surface area (Å²) in [5.74, 6) is 1.41. The fourth-order valence-corrected chi connectivity index (χ4v) is 4.87. The highest BCUT2D eigenvalue weighted by Gasteiger charge is 2.23. The van der Waals surface area contributed by atoms with Crippen LogP contribution in [0.1, 0.15) is 36.5 Å². The number of hydrogen-bond donors (Lipinski definition) is 0. The van der Waals surface area contributed by atoms with Crippen LogP contribution >= 0.6 is 11.3 Å².